The predicted octanol–water partition coefficient (Wildman–Crippen LogP) is 6.02. The van der Waals surface area contributed by atoms with E-state index in [2.05, 4.69) is 15.9 Å². The zero-order chi connectivity index (χ0) is 20.7. The van der Waals surface area contributed by atoms with E-state index < -0.39 is 16.9 Å². The number of rotatable bonds is 2. The van der Waals surface area contributed by atoms with Crippen LogP contribution in [0, 0.1) is 5.41 Å². The van der Waals surface area contributed by atoms with Crippen LogP contribution < -0.4 is 0 Å². The van der Waals surface area contributed by atoms with Gasteiger partial charge in [-0.05, 0) is 63.3 Å². The molecule has 0 radical (unpaired) electrons. The summed E-state index contributed by atoms with van der Waals surface area (Å²) >= 11 is 10.1. The summed E-state index contributed by atoms with van der Waals surface area (Å²) in [4.78, 5) is 31.0. The summed E-state index contributed by atoms with van der Waals surface area (Å²) in [7, 11) is 0. The highest BCUT2D eigenvalue weighted by Gasteiger charge is 2.53. The van der Waals surface area contributed by atoms with Crippen molar-refractivity contribution < 1.29 is 14.3 Å². The normalized spacial score (nSPS) is 21.7. The van der Waals surface area contributed by atoms with Crippen molar-refractivity contribution in [2.24, 2.45) is 10.4 Å². The molecular formula is C22H27BrClNO3. The van der Waals surface area contributed by atoms with Gasteiger partial charge in [0.2, 0.25) is 5.90 Å². The van der Waals surface area contributed by atoms with Gasteiger partial charge in [-0.2, -0.15) is 0 Å². The fraction of sp³-hybridized carbons (Fsp3) is 0.591. The first kappa shape index (κ1) is 21.5. The van der Waals surface area contributed by atoms with Crippen molar-refractivity contribution in [1.29, 1.82) is 0 Å². The Morgan fingerprint density at radius 1 is 1.29 bits per heavy atom. The highest BCUT2D eigenvalue weighted by atomic mass is 79.9. The van der Waals surface area contributed by atoms with Crippen LogP contribution in [0.2, 0.25) is 5.02 Å². The molecule has 152 valence electrons. The van der Waals surface area contributed by atoms with Gasteiger partial charge >= 0.3 is 5.97 Å². The Morgan fingerprint density at radius 3 is 2.50 bits per heavy atom. The average molecular weight is 469 g/mol. The van der Waals surface area contributed by atoms with Crippen LogP contribution in [-0.4, -0.2) is 23.2 Å². The maximum atomic E-state index is 13.7. The molecule has 1 aromatic carbocycles. The lowest BCUT2D eigenvalue weighted by Gasteiger charge is -2.29. The van der Waals surface area contributed by atoms with Crippen molar-refractivity contribution in [3.8, 4) is 0 Å². The minimum atomic E-state index is -0.780. The van der Waals surface area contributed by atoms with Crippen LogP contribution in [0.15, 0.2) is 21.6 Å². The molecule has 0 saturated heterocycles. The molecule has 1 aromatic rings. The molecule has 0 N–H and O–H groups in total. The van der Waals surface area contributed by atoms with E-state index in [0.29, 0.717) is 24.3 Å². The van der Waals surface area contributed by atoms with E-state index in [9.17, 15) is 9.59 Å². The highest BCUT2D eigenvalue weighted by molar-refractivity contribution is 9.10. The van der Waals surface area contributed by atoms with Crippen LogP contribution in [0.3, 0.4) is 0 Å². The Bertz CT molecular complexity index is 835. The number of ether oxygens (including phenoxy) is 1. The van der Waals surface area contributed by atoms with Gasteiger partial charge in [0, 0.05) is 9.50 Å². The Kier molecular flexibility index (Phi) is 6.07. The first-order valence-corrected chi connectivity index (χ1v) is 11.1. The summed E-state index contributed by atoms with van der Waals surface area (Å²) in [5, 5.41) is 0.497. The monoisotopic (exact) mass is 467 g/mol. The van der Waals surface area contributed by atoms with E-state index >= 15 is 0 Å². The number of nitrogens with zero attached hydrogens (tertiary/aromatic N) is 1. The number of hydrogen-bond acceptors (Lipinski definition) is 4. The lowest BCUT2D eigenvalue weighted by Crippen LogP contribution is -2.38. The fourth-order valence-corrected chi connectivity index (χ4v) is 5.03. The molecule has 3 rings (SSSR count). The van der Waals surface area contributed by atoms with E-state index in [1.165, 1.54) is 0 Å². The second-order valence-electron chi connectivity index (χ2n) is 8.79. The maximum absolute atomic E-state index is 13.7. The minimum absolute atomic E-state index is 0.0165. The first-order chi connectivity index (χ1) is 13.1. The molecule has 1 unspecified atom stereocenters. The van der Waals surface area contributed by atoms with Gasteiger partial charge in [0.05, 0.1) is 5.41 Å². The molecule has 1 fully saturated rings. The van der Waals surface area contributed by atoms with E-state index in [0.717, 1.165) is 34.9 Å². The number of hydrogen-bond donors (Lipinski definition) is 0. The lowest BCUT2D eigenvalue weighted by atomic mass is 9.75. The fourth-order valence-electron chi connectivity index (χ4n) is 4.04. The number of Topliss-reactive ketones (excluding diaryl/α,β-unsaturated/α-hetero) is 1. The van der Waals surface area contributed by atoms with Gasteiger partial charge in [-0.1, -0.05) is 53.7 Å². The van der Waals surface area contributed by atoms with Crippen molar-refractivity contribution in [2.75, 3.05) is 0 Å². The molecule has 1 aliphatic carbocycles. The quantitative estimate of drug-likeness (QED) is 0.499. The number of carbonyl (C=O) groups is 2. The van der Waals surface area contributed by atoms with Crippen LogP contribution in [0.1, 0.15) is 76.8 Å². The Hall–Kier alpha value is -1.20. The zero-order valence-corrected chi connectivity index (χ0v) is 19.2. The molecule has 0 aromatic heterocycles. The predicted molar refractivity (Wildman–Crippen MR) is 115 cm³/mol. The molecule has 1 spiro atoms. The molecule has 1 saturated carbocycles. The largest absolute Gasteiger partial charge is 0.410 e. The van der Waals surface area contributed by atoms with Crippen LogP contribution in [0.4, 0.5) is 0 Å². The number of ketones is 1. The number of carbonyl (C=O) groups excluding carboxylic acids is 2. The summed E-state index contributed by atoms with van der Waals surface area (Å²) in [6, 6.07) is 3.77. The molecule has 1 heterocycles. The highest BCUT2D eigenvalue weighted by Crippen LogP contribution is 2.46. The minimum Gasteiger partial charge on any atom is -0.410 e. The third-order valence-corrected chi connectivity index (χ3v) is 6.40. The standard InChI is InChI=1S/C22H27BrClNO3/c1-5-13-11-14(23)12-15(24)16(13)17-18(26)22(9-7-6-8-10-22)25-19(17)28-20(27)21(2,3)4/h11-12,17H,5-10H2,1-4H3. The summed E-state index contributed by atoms with van der Waals surface area (Å²) in [6.07, 6.45) is 5.13. The van der Waals surface area contributed by atoms with Gasteiger partial charge in [0.15, 0.2) is 5.78 Å². The van der Waals surface area contributed by atoms with Gasteiger partial charge in [-0.25, -0.2) is 4.99 Å². The van der Waals surface area contributed by atoms with Crippen molar-refractivity contribution in [3.63, 3.8) is 0 Å². The molecule has 4 nitrogen and oxygen atoms in total. The first-order valence-electron chi connectivity index (χ1n) is 9.93. The number of aryl methyl sites for hydroxylation is 1. The van der Waals surface area contributed by atoms with Crippen LogP contribution in [0.5, 0.6) is 0 Å². The second-order valence-corrected chi connectivity index (χ2v) is 10.1. The van der Waals surface area contributed by atoms with Crippen LogP contribution in [0.25, 0.3) is 0 Å². The smallest absolute Gasteiger partial charge is 0.317 e. The zero-order valence-electron chi connectivity index (χ0n) is 16.9. The lowest BCUT2D eigenvalue weighted by molar-refractivity contribution is -0.144. The molecule has 6 heteroatoms. The average Bonchev–Trinajstić information content (AvgIpc) is 2.86. The third-order valence-electron chi connectivity index (χ3n) is 5.63. The van der Waals surface area contributed by atoms with Crippen molar-refractivity contribution >= 4 is 45.2 Å². The van der Waals surface area contributed by atoms with Crippen molar-refractivity contribution in [3.05, 3.63) is 32.8 Å². The van der Waals surface area contributed by atoms with E-state index in [-0.39, 0.29) is 17.7 Å². The molecule has 28 heavy (non-hydrogen) atoms. The molecule has 2 aliphatic rings. The molecule has 0 amide bonds. The van der Waals surface area contributed by atoms with E-state index in [4.69, 9.17) is 21.3 Å². The Morgan fingerprint density at radius 2 is 1.93 bits per heavy atom. The number of esters is 1. The Labute approximate surface area is 180 Å². The number of halogens is 2. The third kappa shape index (κ3) is 3.93. The molecular weight excluding hydrogens is 442 g/mol. The Balaban J connectivity index is 2.11. The van der Waals surface area contributed by atoms with Crippen LogP contribution in [-0.2, 0) is 20.7 Å². The molecule has 1 aliphatic heterocycles. The summed E-state index contributed by atoms with van der Waals surface area (Å²) in [5.41, 5.74) is 0.221. The van der Waals surface area contributed by atoms with Crippen LogP contribution >= 0.6 is 27.5 Å². The molecule has 0 bridgehead atoms. The van der Waals surface area contributed by atoms with Gasteiger partial charge in [0.25, 0.3) is 0 Å². The summed E-state index contributed by atoms with van der Waals surface area (Å²) < 4.78 is 6.61. The van der Waals surface area contributed by atoms with E-state index in [1.54, 1.807) is 26.8 Å². The van der Waals surface area contributed by atoms with Gasteiger partial charge < -0.3 is 4.74 Å². The topological polar surface area (TPSA) is 55.7 Å². The summed E-state index contributed by atoms with van der Waals surface area (Å²) in [5.74, 6) is -0.878. The van der Waals surface area contributed by atoms with E-state index in [1.807, 2.05) is 13.0 Å². The number of aliphatic imine (C=N–C) groups is 1. The SMILES string of the molecule is CCc1cc(Br)cc(Cl)c1C1C(=O)C2(CCCCC2)N=C1OC(=O)C(C)(C)C. The van der Waals surface area contributed by atoms with Crippen molar-refractivity contribution in [1.82, 2.24) is 0 Å². The maximum Gasteiger partial charge on any atom is 0.317 e. The second kappa shape index (κ2) is 7.91. The van der Waals surface area contributed by atoms with Gasteiger partial charge in [0.1, 0.15) is 11.5 Å². The van der Waals surface area contributed by atoms with Gasteiger partial charge in [-0.15, -0.1) is 0 Å². The number of benzene rings is 1. The molecule has 1 atom stereocenters. The summed E-state index contributed by atoms with van der Waals surface area (Å²) in [6.45, 7) is 7.40. The van der Waals surface area contributed by atoms with Gasteiger partial charge in [-0.3, -0.25) is 9.59 Å². The van der Waals surface area contributed by atoms with Crippen molar-refractivity contribution in [2.45, 2.75) is 77.7 Å².